The van der Waals surface area contributed by atoms with Crippen molar-refractivity contribution in [2.24, 2.45) is 4.99 Å². The van der Waals surface area contributed by atoms with Gasteiger partial charge in [0.2, 0.25) is 0 Å². The largest absolute Gasteiger partial charge is 0.371 e. The molecule has 0 aliphatic carbocycles. The first-order valence-corrected chi connectivity index (χ1v) is 14.4. The molecule has 0 saturated heterocycles. The molecule has 0 radical (unpaired) electrons. The van der Waals surface area contributed by atoms with Crippen molar-refractivity contribution in [1.29, 1.82) is 0 Å². The molecule has 0 fully saturated rings. The van der Waals surface area contributed by atoms with E-state index in [2.05, 4.69) is 149 Å². The van der Waals surface area contributed by atoms with Gasteiger partial charge in [0, 0.05) is 36.8 Å². The predicted molar refractivity (Wildman–Crippen MR) is 169 cm³/mol. The maximum absolute atomic E-state index is 4.52. The standard InChI is InChI=1S/C38H36N2/c1-5-13-30(14-6-1)37(31-15-7-2-8-16-31)23-25-40(36-22-21-34-28-39-29-35(34)27-36)26-24-38(32-17-9-3-10-18-32)33-19-11-4-12-20-33/h1-22,27,29,37-38H,23-26,28H2. The van der Waals surface area contributed by atoms with E-state index in [0.717, 1.165) is 32.5 Å². The Bertz CT molecular complexity index is 1350. The zero-order valence-electron chi connectivity index (χ0n) is 22.9. The second kappa shape index (κ2) is 12.6. The molecule has 0 aromatic heterocycles. The molecule has 1 aliphatic heterocycles. The van der Waals surface area contributed by atoms with Crippen LogP contribution < -0.4 is 4.90 Å². The van der Waals surface area contributed by atoms with Gasteiger partial charge in [-0.2, -0.15) is 0 Å². The summed E-state index contributed by atoms with van der Waals surface area (Å²) < 4.78 is 0. The highest BCUT2D eigenvalue weighted by atomic mass is 15.1. The lowest BCUT2D eigenvalue weighted by Gasteiger charge is -2.30. The fourth-order valence-electron chi connectivity index (χ4n) is 6.02. The van der Waals surface area contributed by atoms with Gasteiger partial charge in [0.1, 0.15) is 0 Å². The van der Waals surface area contributed by atoms with Crippen molar-refractivity contribution in [3.8, 4) is 0 Å². The molecule has 0 N–H and O–H groups in total. The first kappa shape index (κ1) is 25.8. The van der Waals surface area contributed by atoms with Gasteiger partial charge in [-0.05, 0) is 58.4 Å². The number of nitrogens with zero attached hydrogens (tertiary/aromatic N) is 2. The molecule has 0 saturated carbocycles. The first-order chi connectivity index (χ1) is 19.8. The fraction of sp³-hybridized carbons (Fsp3) is 0.184. The van der Waals surface area contributed by atoms with E-state index < -0.39 is 0 Å². The summed E-state index contributed by atoms with van der Waals surface area (Å²) in [6.07, 6.45) is 4.12. The van der Waals surface area contributed by atoms with E-state index in [-0.39, 0.29) is 0 Å². The average Bonchev–Trinajstić information content (AvgIpc) is 3.51. The summed E-state index contributed by atoms with van der Waals surface area (Å²) in [6.45, 7) is 2.74. The molecule has 6 rings (SSSR count). The maximum atomic E-state index is 4.52. The van der Waals surface area contributed by atoms with Crippen LogP contribution in [0.15, 0.2) is 145 Å². The Hall–Kier alpha value is -4.43. The van der Waals surface area contributed by atoms with Gasteiger partial charge in [-0.1, -0.05) is 127 Å². The van der Waals surface area contributed by atoms with Gasteiger partial charge >= 0.3 is 0 Å². The molecule has 198 valence electrons. The van der Waals surface area contributed by atoms with Gasteiger partial charge in [-0.25, -0.2) is 0 Å². The van der Waals surface area contributed by atoms with Crippen LogP contribution in [0.3, 0.4) is 0 Å². The van der Waals surface area contributed by atoms with Gasteiger partial charge in [0.25, 0.3) is 0 Å². The Kier molecular flexibility index (Phi) is 8.15. The van der Waals surface area contributed by atoms with Crippen molar-refractivity contribution < 1.29 is 0 Å². The van der Waals surface area contributed by atoms with E-state index in [9.17, 15) is 0 Å². The fourth-order valence-corrected chi connectivity index (χ4v) is 6.02. The van der Waals surface area contributed by atoms with Crippen molar-refractivity contribution in [3.05, 3.63) is 173 Å². The second-order valence-corrected chi connectivity index (χ2v) is 10.7. The van der Waals surface area contributed by atoms with E-state index >= 15 is 0 Å². The highest BCUT2D eigenvalue weighted by Gasteiger charge is 2.20. The highest BCUT2D eigenvalue weighted by Crippen LogP contribution is 2.32. The maximum Gasteiger partial charge on any atom is 0.0646 e. The van der Waals surface area contributed by atoms with Crippen molar-refractivity contribution in [1.82, 2.24) is 0 Å². The van der Waals surface area contributed by atoms with Crippen LogP contribution in [-0.4, -0.2) is 19.3 Å². The molecule has 0 amide bonds. The monoisotopic (exact) mass is 520 g/mol. The minimum Gasteiger partial charge on any atom is -0.371 e. The lowest BCUT2D eigenvalue weighted by atomic mass is 9.87. The molecule has 40 heavy (non-hydrogen) atoms. The van der Waals surface area contributed by atoms with Crippen LogP contribution in [0.2, 0.25) is 0 Å². The third-order valence-electron chi connectivity index (χ3n) is 8.17. The Balaban J connectivity index is 1.29. The van der Waals surface area contributed by atoms with E-state index in [1.165, 1.54) is 39.1 Å². The molecule has 0 spiro atoms. The molecule has 1 aliphatic rings. The van der Waals surface area contributed by atoms with Crippen LogP contribution in [0.1, 0.15) is 58.1 Å². The van der Waals surface area contributed by atoms with Crippen LogP contribution in [-0.2, 0) is 6.54 Å². The predicted octanol–water partition coefficient (Wildman–Crippen LogP) is 8.87. The minimum absolute atomic E-state index is 0.347. The SMILES string of the molecule is C1=NCc2ccc(N(CCC(c3ccccc3)c3ccccc3)CCC(c3ccccc3)c3ccccc3)cc21. The lowest BCUT2D eigenvalue weighted by molar-refractivity contribution is 0.630. The third kappa shape index (κ3) is 6.07. The Morgan fingerprint density at radius 1 is 0.525 bits per heavy atom. The number of rotatable bonds is 11. The highest BCUT2D eigenvalue weighted by molar-refractivity contribution is 5.86. The molecule has 5 aromatic rings. The van der Waals surface area contributed by atoms with Gasteiger partial charge in [0.15, 0.2) is 0 Å². The topological polar surface area (TPSA) is 15.6 Å². The summed E-state index contributed by atoms with van der Waals surface area (Å²) in [5, 5.41) is 0. The van der Waals surface area contributed by atoms with Gasteiger partial charge in [-0.3, -0.25) is 4.99 Å². The van der Waals surface area contributed by atoms with Gasteiger partial charge < -0.3 is 4.90 Å². The van der Waals surface area contributed by atoms with Crippen molar-refractivity contribution >= 4 is 11.9 Å². The molecule has 5 aromatic carbocycles. The van der Waals surface area contributed by atoms with Gasteiger partial charge in [0.05, 0.1) is 6.54 Å². The van der Waals surface area contributed by atoms with Crippen LogP contribution >= 0.6 is 0 Å². The summed E-state index contributed by atoms with van der Waals surface area (Å²) in [5.74, 6) is 0.694. The average molecular weight is 521 g/mol. The number of anilines is 1. The van der Waals surface area contributed by atoms with E-state index in [1.54, 1.807) is 0 Å². The number of hydrogen-bond donors (Lipinski definition) is 0. The van der Waals surface area contributed by atoms with Crippen LogP contribution in [0.5, 0.6) is 0 Å². The Labute approximate surface area is 238 Å². The van der Waals surface area contributed by atoms with Crippen LogP contribution in [0.25, 0.3) is 0 Å². The van der Waals surface area contributed by atoms with Gasteiger partial charge in [-0.15, -0.1) is 0 Å². The first-order valence-electron chi connectivity index (χ1n) is 14.4. The Morgan fingerprint density at radius 3 is 1.38 bits per heavy atom. The van der Waals surface area contributed by atoms with Crippen LogP contribution in [0, 0.1) is 0 Å². The van der Waals surface area contributed by atoms with Crippen molar-refractivity contribution in [3.63, 3.8) is 0 Å². The van der Waals surface area contributed by atoms with E-state index in [1.807, 2.05) is 6.21 Å². The lowest BCUT2D eigenvalue weighted by Crippen LogP contribution is -2.28. The molecule has 2 heteroatoms. The Morgan fingerprint density at radius 2 is 0.950 bits per heavy atom. The molecule has 0 bridgehead atoms. The molecular formula is C38H36N2. The summed E-state index contributed by atoms with van der Waals surface area (Å²) in [4.78, 5) is 7.12. The van der Waals surface area contributed by atoms with E-state index in [4.69, 9.17) is 0 Å². The normalized spacial score (nSPS) is 12.2. The van der Waals surface area contributed by atoms with Crippen molar-refractivity contribution in [2.75, 3.05) is 18.0 Å². The molecule has 2 nitrogen and oxygen atoms in total. The summed E-state index contributed by atoms with van der Waals surface area (Å²) in [6, 6.07) is 50.8. The van der Waals surface area contributed by atoms with E-state index in [0.29, 0.717) is 11.8 Å². The molecular weight excluding hydrogens is 484 g/mol. The van der Waals surface area contributed by atoms with Crippen molar-refractivity contribution in [2.45, 2.75) is 31.2 Å². The summed E-state index contributed by atoms with van der Waals surface area (Å²) in [7, 11) is 0. The molecule has 1 heterocycles. The minimum atomic E-state index is 0.347. The smallest absolute Gasteiger partial charge is 0.0646 e. The molecule has 0 unspecified atom stereocenters. The number of benzene rings is 5. The second-order valence-electron chi connectivity index (χ2n) is 10.7. The third-order valence-corrected chi connectivity index (χ3v) is 8.17. The van der Waals surface area contributed by atoms with Crippen LogP contribution in [0.4, 0.5) is 5.69 Å². The number of fused-ring (bicyclic) bond motifs is 1. The zero-order chi connectivity index (χ0) is 27.0. The summed E-state index contributed by atoms with van der Waals surface area (Å²) >= 11 is 0. The summed E-state index contributed by atoms with van der Waals surface area (Å²) in [5.41, 5.74) is 9.37. The number of aliphatic imine (C=N–C) groups is 1. The molecule has 0 atom stereocenters. The number of hydrogen-bond acceptors (Lipinski definition) is 2. The quantitative estimate of drug-likeness (QED) is 0.170. The zero-order valence-corrected chi connectivity index (χ0v) is 22.9.